The van der Waals surface area contributed by atoms with Crippen LogP contribution in [-0.2, 0) is 0 Å². The summed E-state index contributed by atoms with van der Waals surface area (Å²) in [5, 5.41) is 3.25. The fourth-order valence-electron chi connectivity index (χ4n) is 1.88. The predicted octanol–water partition coefficient (Wildman–Crippen LogP) is 1.09. The van der Waals surface area contributed by atoms with Gasteiger partial charge in [-0.3, -0.25) is 5.43 Å². The average Bonchev–Trinajstić information content (AvgIpc) is 2.50. The van der Waals surface area contributed by atoms with E-state index in [1.165, 1.54) is 0 Å². The monoisotopic (exact) mass is 297 g/mol. The number of hydrogen-bond acceptors (Lipinski definition) is 8. The van der Waals surface area contributed by atoms with Crippen LogP contribution in [0.25, 0.3) is 0 Å². The topological polar surface area (TPSA) is 101 Å². The third-order valence-electron chi connectivity index (χ3n) is 2.98. The smallest absolute Gasteiger partial charge is 0.323 e. The third-order valence-corrected chi connectivity index (χ3v) is 2.98. The predicted molar refractivity (Wildman–Crippen MR) is 84.3 cm³/mol. The molecule has 4 N–H and O–H groups in total. The van der Waals surface area contributed by atoms with Crippen molar-refractivity contribution in [1.82, 2.24) is 19.9 Å². The lowest BCUT2D eigenvalue weighted by Gasteiger charge is -2.23. The molecule has 0 saturated carbocycles. The second-order valence-corrected chi connectivity index (χ2v) is 4.79. The Morgan fingerprint density at radius 2 is 1.81 bits per heavy atom. The number of hydrazine groups is 1. The van der Waals surface area contributed by atoms with E-state index in [1.807, 2.05) is 6.92 Å². The molecule has 0 aliphatic carbocycles. The molecule has 1 aromatic heterocycles. The minimum Gasteiger partial charge on any atom is -0.463 e. The first kappa shape index (κ1) is 17.4. The van der Waals surface area contributed by atoms with Crippen molar-refractivity contribution in [3.05, 3.63) is 0 Å². The Bertz CT molecular complexity index is 412. The highest BCUT2D eigenvalue weighted by atomic mass is 16.5. The average molecular weight is 297 g/mol. The normalized spacial score (nSPS) is 12.3. The Morgan fingerprint density at radius 1 is 1.14 bits per heavy atom. The third kappa shape index (κ3) is 6.09. The molecule has 0 aliphatic heterocycles. The van der Waals surface area contributed by atoms with Gasteiger partial charge < -0.3 is 15.0 Å². The molecule has 8 nitrogen and oxygen atoms in total. The molecule has 1 aromatic rings. The summed E-state index contributed by atoms with van der Waals surface area (Å²) < 4.78 is 5.44. The standard InChI is InChI=1S/C13H27N7O/c1-5-8-21-13-17-11(16-12(18-13)19-14)15-10(4)9-20(6-2)7-3/h10H,5-9,14H2,1-4H3,(H2,15,16,17,18,19). The summed E-state index contributed by atoms with van der Waals surface area (Å²) in [5.41, 5.74) is 2.43. The fourth-order valence-corrected chi connectivity index (χ4v) is 1.88. The Hall–Kier alpha value is -1.67. The van der Waals surface area contributed by atoms with Gasteiger partial charge in [0.15, 0.2) is 0 Å². The maximum Gasteiger partial charge on any atom is 0.323 e. The Labute approximate surface area is 126 Å². The molecule has 120 valence electrons. The lowest BCUT2D eigenvalue weighted by Crippen LogP contribution is -2.35. The molecular weight excluding hydrogens is 270 g/mol. The molecule has 1 unspecified atom stereocenters. The number of nitrogens with two attached hydrogens (primary N) is 1. The molecule has 1 atom stereocenters. The molecule has 0 aromatic carbocycles. The van der Waals surface area contributed by atoms with E-state index >= 15 is 0 Å². The van der Waals surface area contributed by atoms with Crippen molar-refractivity contribution >= 4 is 11.9 Å². The van der Waals surface area contributed by atoms with Gasteiger partial charge in [-0.1, -0.05) is 20.8 Å². The molecule has 0 bridgehead atoms. The van der Waals surface area contributed by atoms with Crippen LogP contribution in [0.3, 0.4) is 0 Å². The molecule has 21 heavy (non-hydrogen) atoms. The first-order chi connectivity index (χ1) is 10.1. The number of anilines is 2. The SMILES string of the molecule is CCCOc1nc(NN)nc(NC(C)CN(CC)CC)n1. The van der Waals surface area contributed by atoms with Gasteiger partial charge in [-0.05, 0) is 26.4 Å². The zero-order valence-electron chi connectivity index (χ0n) is 13.4. The van der Waals surface area contributed by atoms with Gasteiger partial charge in [0.2, 0.25) is 11.9 Å². The van der Waals surface area contributed by atoms with Crippen LogP contribution < -0.4 is 21.3 Å². The van der Waals surface area contributed by atoms with Gasteiger partial charge in [0, 0.05) is 12.6 Å². The Morgan fingerprint density at radius 3 is 2.38 bits per heavy atom. The quantitative estimate of drug-likeness (QED) is 0.436. The summed E-state index contributed by atoms with van der Waals surface area (Å²) in [6.45, 7) is 11.9. The molecule has 1 rings (SSSR count). The minimum absolute atomic E-state index is 0.206. The van der Waals surface area contributed by atoms with Gasteiger partial charge >= 0.3 is 6.01 Å². The maximum atomic E-state index is 5.44. The highest BCUT2D eigenvalue weighted by Crippen LogP contribution is 2.11. The number of hydrogen-bond donors (Lipinski definition) is 3. The van der Waals surface area contributed by atoms with Crippen molar-refractivity contribution in [2.75, 3.05) is 37.0 Å². The number of nitrogens with zero attached hydrogens (tertiary/aromatic N) is 4. The van der Waals surface area contributed by atoms with Crippen molar-refractivity contribution in [3.63, 3.8) is 0 Å². The van der Waals surface area contributed by atoms with E-state index in [2.05, 4.69) is 51.4 Å². The lowest BCUT2D eigenvalue weighted by molar-refractivity contribution is 0.289. The Kier molecular flexibility index (Phi) is 7.70. The zero-order valence-corrected chi connectivity index (χ0v) is 13.4. The Balaban J connectivity index is 2.71. The van der Waals surface area contributed by atoms with Crippen LogP contribution in [0.2, 0.25) is 0 Å². The van der Waals surface area contributed by atoms with Gasteiger partial charge in [-0.15, -0.1) is 0 Å². The molecule has 0 spiro atoms. The zero-order chi connectivity index (χ0) is 15.7. The molecule has 1 heterocycles. The molecular formula is C13H27N7O. The number of likely N-dealkylation sites (N-methyl/N-ethyl adjacent to an activating group) is 1. The van der Waals surface area contributed by atoms with E-state index in [1.54, 1.807) is 0 Å². The van der Waals surface area contributed by atoms with Crippen molar-refractivity contribution in [2.45, 2.75) is 40.2 Å². The van der Waals surface area contributed by atoms with E-state index in [9.17, 15) is 0 Å². The summed E-state index contributed by atoms with van der Waals surface area (Å²) in [6.07, 6.45) is 0.887. The van der Waals surface area contributed by atoms with Crippen molar-refractivity contribution < 1.29 is 4.74 Å². The number of aromatic nitrogens is 3. The molecule has 0 aliphatic rings. The second kappa shape index (κ2) is 9.30. The van der Waals surface area contributed by atoms with Crippen LogP contribution >= 0.6 is 0 Å². The van der Waals surface area contributed by atoms with Crippen LogP contribution in [-0.4, -0.2) is 52.1 Å². The highest BCUT2D eigenvalue weighted by molar-refractivity contribution is 5.35. The molecule has 0 radical (unpaired) electrons. The summed E-state index contributed by atoms with van der Waals surface area (Å²) >= 11 is 0. The lowest BCUT2D eigenvalue weighted by atomic mass is 10.3. The molecule has 8 heteroatoms. The molecule has 0 fully saturated rings. The summed E-state index contributed by atoms with van der Waals surface area (Å²) in [4.78, 5) is 14.8. The number of nitrogens with one attached hydrogen (secondary N) is 2. The number of nitrogen functional groups attached to an aromatic ring is 1. The largest absolute Gasteiger partial charge is 0.463 e. The number of ether oxygens (including phenoxy) is 1. The van der Waals surface area contributed by atoms with Crippen molar-refractivity contribution in [3.8, 4) is 6.01 Å². The fraction of sp³-hybridized carbons (Fsp3) is 0.769. The van der Waals surface area contributed by atoms with Crippen molar-refractivity contribution in [1.29, 1.82) is 0 Å². The van der Waals surface area contributed by atoms with Crippen LogP contribution in [0, 0.1) is 0 Å². The van der Waals surface area contributed by atoms with Crippen LogP contribution in [0.15, 0.2) is 0 Å². The van der Waals surface area contributed by atoms with Gasteiger partial charge in [0.1, 0.15) is 0 Å². The molecule has 0 amide bonds. The summed E-state index contributed by atoms with van der Waals surface area (Å²) in [6, 6.07) is 0.481. The minimum atomic E-state index is 0.206. The van der Waals surface area contributed by atoms with E-state index in [-0.39, 0.29) is 18.0 Å². The van der Waals surface area contributed by atoms with Gasteiger partial charge in [-0.2, -0.15) is 15.0 Å². The van der Waals surface area contributed by atoms with Gasteiger partial charge in [-0.25, -0.2) is 5.84 Å². The van der Waals surface area contributed by atoms with Crippen LogP contribution in [0.1, 0.15) is 34.1 Å². The van der Waals surface area contributed by atoms with Gasteiger partial charge in [0.05, 0.1) is 6.61 Å². The van der Waals surface area contributed by atoms with Gasteiger partial charge in [0.25, 0.3) is 0 Å². The van der Waals surface area contributed by atoms with E-state index in [4.69, 9.17) is 10.6 Å². The van der Waals surface area contributed by atoms with Crippen LogP contribution in [0.5, 0.6) is 6.01 Å². The van der Waals surface area contributed by atoms with E-state index in [0.29, 0.717) is 12.6 Å². The summed E-state index contributed by atoms with van der Waals surface area (Å²) in [5.74, 6) is 6.12. The first-order valence-corrected chi connectivity index (χ1v) is 7.47. The van der Waals surface area contributed by atoms with E-state index < -0.39 is 0 Å². The first-order valence-electron chi connectivity index (χ1n) is 7.47. The second-order valence-electron chi connectivity index (χ2n) is 4.79. The van der Waals surface area contributed by atoms with Crippen LogP contribution in [0.4, 0.5) is 11.9 Å². The summed E-state index contributed by atoms with van der Waals surface area (Å²) in [7, 11) is 0. The molecule has 0 saturated heterocycles. The number of rotatable bonds is 10. The van der Waals surface area contributed by atoms with Crippen molar-refractivity contribution in [2.24, 2.45) is 5.84 Å². The highest BCUT2D eigenvalue weighted by Gasteiger charge is 2.11. The maximum absolute atomic E-state index is 5.44. The van der Waals surface area contributed by atoms with E-state index in [0.717, 1.165) is 26.1 Å².